The number of carbonyl (C=O) groups is 1. The second-order valence-corrected chi connectivity index (χ2v) is 4.35. The molecule has 0 bridgehead atoms. The summed E-state index contributed by atoms with van der Waals surface area (Å²) < 4.78 is 10.5. The molecule has 1 unspecified atom stereocenters. The molecule has 0 aliphatic heterocycles. The quantitative estimate of drug-likeness (QED) is 0.773. The predicted molar refractivity (Wildman–Crippen MR) is 80.4 cm³/mol. The third-order valence-corrected chi connectivity index (χ3v) is 2.77. The Kier molecular flexibility index (Phi) is 7.30. The van der Waals surface area contributed by atoms with Crippen molar-refractivity contribution in [2.24, 2.45) is 0 Å². The van der Waals surface area contributed by atoms with Crippen LogP contribution < -0.4 is 10.1 Å². The number of ether oxygens (including phenoxy) is 2. The van der Waals surface area contributed by atoms with Gasteiger partial charge in [-0.1, -0.05) is 11.8 Å². The summed E-state index contributed by atoms with van der Waals surface area (Å²) in [5.41, 5.74) is 1.05. The van der Waals surface area contributed by atoms with Crippen LogP contribution in [0.4, 0.5) is 0 Å². The zero-order chi connectivity index (χ0) is 15.7. The molecule has 1 amide bonds. The topological polar surface area (TPSA) is 67.8 Å². The van der Waals surface area contributed by atoms with Crippen molar-refractivity contribution in [3.8, 4) is 17.6 Å². The van der Waals surface area contributed by atoms with Gasteiger partial charge in [0, 0.05) is 18.7 Å². The molecule has 5 heteroatoms. The minimum atomic E-state index is -0.245. The van der Waals surface area contributed by atoms with Crippen LogP contribution in [0.2, 0.25) is 0 Å². The SMILES string of the molecule is CCOC(C)CNC(=O)c1ccc(OC)c(C#CCO)c1. The lowest BCUT2D eigenvalue weighted by Crippen LogP contribution is -2.32. The van der Waals surface area contributed by atoms with Gasteiger partial charge in [-0.05, 0) is 32.0 Å². The number of benzene rings is 1. The second-order valence-electron chi connectivity index (χ2n) is 4.35. The Hall–Kier alpha value is -2.03. The predicted octanol–water partition coefficient (Wildman–Crippen LogP) is 1.19. The molecular formula is C16H21NO4. The average molecular weight is 291 g/mol. The monoisotopic (exact) mass is 291 g/mol. The summed E-state index contributed by atoms with van der Waals surface area (Å²) in [7, 11) is 1.53. The Morgan fingerprint density at radius 1 is 1.48 bits per heavy atom. The van der Waals surface area contributed by atoms with Crippen molar-refractivity contribution in [3.05, 3.63) is 29.3 Å². The largest absolute Gasteiger partial charge is 0.495 e. The molecule has 2 N–H and O–H groups in total. The van der Waals surface area contributed by atoms with Gasteiger partial charge in [0.2, 0.25) is 0 Å². The van der Waals surface area contributed by atoms with E-state index in [0.717, 1.165) is 0 Å². The molecule has 0 saturated carbocycles. The van der Waals surface area contributed by atoms with Crippen LogP contribution in [0.15, 0.2) is 18.2 Å². The number of nitrogens with one attached hydrogen (secondary N) is 1. The molecule has 0 heterocycles. The van der Waals surface area contributed by atoms with Crippen LogP contribution in [0.1, 0.15) is 29.8 Å². The molecule has 1 aromatic carbocycles. The molecule has 1 rings (SSSR count). The molecule has 1 atom stereocenters. The van der Waals surface area contributed by atoms with E-state index in [9.17, 15) is 4.79 Å². The van der Waals surface area contributed by atoms with Gasteiger partial charge in [-0.25, -0.2) is 0 Å². The van der Waals surface area contributed by atoms with Crippen LogP contribution in [0, 0.1) is 11.8 Å². The first kappa shape index (κ1) is 17.0. The summed E-state index contributed by atoms with van der Waals surface area (Å²) in [6, 6.07) is 4.99. The highest BCUT2D eigenvalue weighted by Crippen LogP contribution is 2.18. The molecular weight excluding hydrogens is 270 g/mol. The standard InChI is InChI=1S/C16H21NO4/c1-4-21-12(2)11-17-16(19)14-7-8-15(20-3)13(10-14)6-5-9-18/h7-8,10,12,18H,4,9,11H2,1-3H3,(H,17,19). The van der Waals surface area contributed by atoms with Crippen molar-refractivity contribution >= 4 is 5.91 Å². The van der Waals surface area contributed by atoms with Crippen LogP contribution in [-0.2, 0) is 4.74 Å². The van der Waals surface area contributed by atoms with E-state index >= 15 is 0 Å². The van der Waals surface area contributed by atoms with E-state index in [-0.39, 0.29) is 18.6 Å². The number of amides is 1. The van der Waals surface area contributed by atoms with Crippen molar-refractivity contribution in [1.82, 2.24) is 5.32 Å². The summed E-state index contributed by atoms with van der Waals surface area (Å²) >= 11 is 0. The van der Waals surface area contributed by atoms with Gasteiger partial charge in [0.1, 0.15) is 12.4 Å². The van der Waals surface area contributed by atoms with Crippen LogP contribution in [0.3, 0.4) is 0 Å². The second kappa shape index (κ2) is 9.01. The number of aliphatic hydroxyl groups is 1. The molecule has 0 radical (unpaired) electrons. The van der Waals surface area contributed by atoms with Crippen LogP contribution >= 0.6 is 0 Å². The number of hydrogen-bond donors (Lipinski definition) is 2. The van der Waals surface area contributed by atoms with Gasteiger partial charge in [0.15, 0.2) is 0 Å². The summed E-state index contributed by atoms with van der Waals surface area (Å²) in [6.45, 7) is 4.62. The highest BCUT2D eigenvalue weighted by molar-refractivity contribution is 5.94. The molecule has 0 aromatic heterocycles. The highest BCUT2D eigenvalue weighted by Gasteiger charge is 2.10. The lowest BCUT2D eigenvalue weighted by molar-refractivity contribution is 0.0695. The third-order valence-electron chi connectivity index (χ3n) is 2.77. The fourth-order valence-corrected chi connectivity index (χ4v) is 1.76. The van der Waals surface area contributed by atoms with Gasteiger partial charge in [-0.15, -0.1) is 0 Å². The van der Waals surface area contributed by atoms with E-state index < -0.39 is 0 Å². The summed E-state index contributed by atoms with van der Waals surface area (Å²) in [4.78, 5) is 12.1. The van der Waals surface area contributed by atoms with Crippen molar-refractivity contribution in [1.29, 1.82) is 0 Å². The van der Waals surface area contributed by atoms with E-state index in [1.54, 1.807) is 18.2 Å². The Bertz CT molecular complexity index is 531. The average Bonchev–Trinajstić information content (AvgIpc) is 2.50. The Morgan fingerprint density at radius 3 is 2.86 bits per heavy atom. The lowest BCUT2D eigenvalue weighted by Gasteiger charge is -2.13. The van der Waals surface area contributed by atoms with Gasteiger partial charge in [-0.2, -0.15) is 0 Å². The number of aliphatic hydroxyl groups excluding tert-OH is 1. The fourth-order valence-electron chi connectivity index (χ4n) is 1.76. The molecule has 21 heavy (non-hydrogen) atoms. The molecule has 114 valence electrons. The Balaban J connectivity index is 2.80. The van der Waals surface area contributed by atoms with E-state index in [4.69, 9.17) is 14.6 Å². The third kappa shape index (κ3) is 5.46. The maximum atomic E-state index is 12.1. The normalized spacial score (nSPS) is 11.2. The van der Waals surface area contributed by atoms with Crippen LogP contribution in [0.25, 0.3) is 0 Å². The lowest BCUT2D eigenvalue weighted by atomic mass is 10.1. The number of carbonyl (C=O) groups excluding carboxylic acids is 1. The summed E-state index contributed by atoms with van der Waals surface area (Å²) in [5, 5.41) is 11.6. The highest BCUT2D eigenvalue weighted by atomic mass is 16.5. The molecule has 0 saturated heterocycles. The minimum Gasteiger partial charge on any atom is -0.495 e. The fraction of sp³-hybridized carbons (Fsp3) is 0.438. The van der Waals surface area contributed by atoms with Crippen molar-refractivity contribution < 1.29 is 19.4 Å². The Labute approximate surface area is 125 Å². The van der Waals surface area contributed by atoms with E-state index in [2.05, 4.69) is 17.2 Å². The van der Waals surface area contributed by atoms with Crippen molar-refractivity contribution in [3.63, 3.8) is 0 Å². The molecule has 0 spiro atoms. The van der Waals surface area contributed by atoms with Gasteiger partial charge in [0.05, 0.1) is 18.8 Å². The van der Waals surface area contributed by atoms with Crippen molar-refractivity contribution in [2.75, 3.05) is 26.9 Å². The van der Waals surface area contributed by atoms with Gasteiger partial charge >= 0.3 is 0 Å². The zero-order valence-electron chi connectivity index (χ0n) is 12.6. The van der Waals surface area contributed by atoms with Crippen LogP contribution in [-0.4, -0.2) is 44.0 Å². The first-order valence-electron chi connectivity index (χ1n) is 6.79. The molecule has 0 fully saturated rings. The van der Waals surface area contributed by atoms with Gasteiger partial charge < -0.3 is 19.9 Å². The molecule has 5 nitrogen and oxygen atoms in total. The molecule has 0 aliphatic carbocycles. The van der Waals surface area contributed by atoms with Gasteiger partial charge in [-0.3, -0.25) is 4.79 Å². The number of rotatable bonds is 6. The molecule has 0 aliphatic rings. The van der Waals surface area contributed by atoms with Crippen molar-refractivity contribution in [2.45, 2.75) is 20.0 Å². The maximum absolute atomic E-state index is 12.1. The van der Waals surface area contributed by atoms with Gasteiger partial charge in [0.25, 0.3) is 5.91 Å². The van der Waals surface area contributed by atoms with Crippen LogP contribution in [0.5, 0.6) is 5.75 Å². The smallest absolute Gasteiger partial charge is 0.251 e. The van der Waals surface area contributed by atoms with E-state index in [1.165, 1.54) is 7.11 Å². The maximum Gasteiger partial charge on any atom is 0.251 e. The first-order valence-corrected chi connectivity index (χ1v) is 6.79. The molecule has 1 aromatic rings. The first-order chi connectivity index (χ1) is 10.1. The summed E-state index contributed by atoms with van der Waals surface area (Å²) in [6.07, 6.45) is -0.0363. The van der Waals surface area contributed by atoms with E-state index in [1.807, 2.05) is 13.8 Å². The minimum absolute atomic E-state index is 0.0363. The number of hydrogen-bond acceptors (Lipinski definition) is 4. The Morgan fingerprint density at radius 2 is 2.24 bits per heavy atom. The van der Waals surface area contributed by atoms with E-state index in [0.29, 0.717) is 30.0 Å². The summed E-state index contributed by atoms with van der Waals surface area (Å²) in [5.74, 6) is 5.68. The number of methoxy groups -OCH3 is 1. The zero-order valence-corrected chi connectivity index (χ0v) is 12.6.